The van der Waals surface area contributed by atoms with E-state index in [1.165, 1.54) is 32.3 Å². The van der Waals surface area contributed by atoms with Crippen LogP contribution in [0.4, 0.5) is 0 Å². The first kappa shape index (κ1) is 23.9. The average Bonchev–Trinajstić information content (AvgIpc) is 3.43. The second-order valence-electron chi connectivity index (χ2n) is 11.0. The molecule has 0 aliphatic rings. The minimum atomic E-state index is 0.686. The highest BCUT2D eigenvalue weighted by atomic mass is 16.3. The monoisotopic (exact) mass is 548 g/mol. The van der Waals surface area contributed by atoms with E-state index in [4.69, 9.17) is 14.4 Å². The van der Waals surface area contributed by atoms with Gasteiger partial charge in [0.25, 0.3) is 0 Å². The highest BCUT2D eigenvalue weighted by Crippen LogP contribution is 2.37. The second kappa shape index (κ2) is 9.37. The van der Waals surface area contributed by atoms with E-state index in [-0.39, 0.29) is 0 Å². The molecule has 0 saturated heterocycles. The fourth-order valence-electron chi connectivity index (χ4n) is 6.35. The Kier molecular flexibility index (Phi) is 5.20. The van der Waals surface area contributed by atoms with Gasteiger partial charge in [-0.3, -0.25) is 0 Å². The lowest BCUT2D eigenvalue weighted by Crippen LogP contribution is -1.97. The highest BCUT2D eigenvalue weighted by molar-refractivity contribution is 6.11. The first-order valence-corrected chi connectivity index (χ1v) is 14.5. The van der Waals surface area contributed by atoms with Crippen LogP contribution in [-0.4, -0.2) is 9.97 Å². The van der Waals surface area contributed by atoms with Gasteiger partial charge in [-0.05, 0) is 68.7 Å². The molecule has 0 fully saturated rings. The van der Waals surface area contributed by atoms with Crippen LogP contribution in [0.2, 0.25) is 0 Å². The van der Waals surface area contributed by atoms with Crippen molar-refractivity contribution < 1.29 is 4.42 Å². The van der Waals surface area contributed by atoms with Crippen molar-refractivity contribution in [1.29, 1.82) is 0 Å². The van der Waals surface area contributed by atoms with Gasteiger partial charge in [-0.15, -0.1) is 0 Å². The summed E-state index contributed by atoms with van der Waals surface area (Å²) in [5.41, 5.74) is 6.66. The molecule has 2 heterocycles. The summed E-state index contributed by atoms with van der Waals surface area (Å²) in [6.07, 6.45) is 0. The number of aromatic nitrogens is 2. The van der Waals surface area contributed by atoms with Crippen LogP contribution in [0.1, 0.15) is 0 Å². The SMILES string of the molecule is c1ccc2cc3c(cc2c1)oc1ccc(-c2nc(-c4cccc5ccccc45)cc(-c4cccc5ccccc45)n2)cc13. The fourth-order valence-corrected chi connectivity index (χ4v) is 6.35. The molecule has 0 bridgehead atoms. The van der Waals surface area contributed by atoms with E-state index < -0.39 is 0 Å². The van der Waals surface area contributed by atoms with Crippen molar-refractivity contribution in [2.75, 3.05) is 0 Å². The highest BCUT2D eigenvalue weighted by Gasteiger charge is 2.16. The molecule has 0 aliphatic carbocycles. The maximum absolute atomic E-state index is 6.29. The largest absolute Gasteiger partial charge is 0.456 e. The molecule has 200 valence electrons. The average molecular weight is 549 g/mol. The number of hydrogen-bond donors (Lipinski definition) is 0. The molecule has 0 saturated carbocycles. The van der Waals surface area contributed by atoms with Crippen molar-refractivity contribution >= 4 is 54.3 Å². The summed E-state index contributed by atoms with van der Waals surface area (Å²) >= 11 is 0. The number of rotatable bonds is 3. The molecular formula is C40H24N2O. The van der Waals surface area contributed by atoms with Gasteiger partial charge in [0.1, 0.15) is 11.2 Å². The zero-order valence-electron chi connectivity index (χ0n) is 23.2. The quantitative estimate of drug-likeness (QED) is 0.220. The Morgan fingerprint density at radius 3 is 1.56 bits per heavy atom. The zero-order valence-corrected chi connectivity index (χ0v) is 23.2. The first-order valence-electron chi connectivity index (χ1n) is 14.5. The van der Waals surface area contributed by atoms with Crippen molar-refractivity contribution in [2.45, 2.75) is 0 Å². The number of benzene rings is 7. The van der Waals surface area contributed by atoms with Gasteiger partial charge in [0.2, 0.25) is 0 Å². The van der Waals surface area contributed by atoms with Crippen LogP contribution in [0, 0.1) is 0 Å². The third-order valence-corrected chi connectivity index (χ3v) is 8.45. The predicted octanol–water partition coefficient (Wildman–Crippen LogP) is 10.8. The van der Waals surface area contributed by atoms with Crippen LogP contribution in [0.25, 0.3) is 88.2 Å². The molecule has 0 aliphatic heterocycles. The van der Waals surface area contributed by atoms with E-state index in [9.17, 15) is 0 Å². The number of nitrogens with zero attached hydrogens (tertiary/aromatic N) is 2. The van der Waals surface area contributed by atoms with Gasteiger partial charge in [0.05, 0.1) is 11.4 Å². The van der Waals surface area contributed by atoms with Crippen molar-refractivity contribution in [3.63, 3.8) is 0 Å². The van der Waals surface area contributed by atoms with Crippen LogP contribution in [0.15, 0.2) is 150 Å². The molecule has 3 heteroatoms. The van der Waals surface area contributed by atoms with Gasteiger partial charge in [-0.2, -0.15) is 0 Å². The van der Waals surface area contributed by atoms with E-state index in [2.05, 4.69) is 140 Å². The third kappa shape index (κ3) is 3.90. The summed E-state index contributed by atoms with van der Waals surface area (Å²) in [5, 5.41) is 9.22. The van der Waals surface area contributed by atoms with Crippen LogP contribution in [-0.2, 0) is 0 Å². The maximum Gasteiger partial charge on any atom is 0.160 e. The van der Waals surface area contributed by atoms with Gasteiger partial charge in [-0.1, -0.05) is 109 Å². The van der Waals surface area contributed by atoms with E-state index in [0.717, 1.165) is 50.0 Å². The zero-order chi connectivity index (χ0) is 28.3. The lowest BCUT2D eigenvalue weighted by atomic mass is 9.98. The van der Waals surface area contributed by atoms with Gasteiger partial charge in [0.15, 0.2) is 5.82 Å². The Labute approximate surface area is 247 Å². The molecule has 9 rings (SSSR count). The molecule has 2 aromatic heterocycles. The summed E-state index contributed by atoms with van der Waals surface area (Å²) in [7, 11) is 0. The molecule has 0 N–H and O–H groups in total. The Balaban J connectivity index is 1.31. The second-order valence-corrected chi connectivity index (χ2v) is 11.0. The Bertz CT molecular complexity index is 2420. The van der Waals surface area contributed by atoms with Gasteiger partial charge < -0.3 is 4.42 Å². The van der Waals surface area contributed by atoms with Crippen molar-refractivity contribution in [3.8, 4) is 33.9 Å². The summed E-state index contributed by atoms with van der Waals surface area (Å²) in [4.78, 5) is 10.4. The number of fused-ring (bicyclic) bond motifs is 6. The number of furan rings is 1. The molecule has 0 atom stereocenters. The molecule has 7 aromatic carbocycles. The molecule has 0 amide bonds. The molecule has 0 unspecified atom stereocenters. The minimum Gasteiger partial charge on any atom is -0.456 e. The summed E-state index contributed by atoms with van der Waals surface area (Å²) in [6.45, 7) is 0. The summed E-state index contributed by atoms with van der Waals surface area (Å²) in [5.74, 6) is 0.686. The van der Waals surface area contributed by atoms with Crippen LogP contribution < -0.4 is 0 Å². The van der Waals surface area contributed by atoms with Crippen molar-refractivity contribution in [1.82, 2.24) is 9.97 Å². The Morgan fingerprint density at radius 2 is 0.907 bits per heavy atom. The number of hydrogen-bond acceptors (Lipinski definition) is 3. The molecular weight excluding hydrogens is 524 g/mol. The predicted molar refractivity (Wildman–Crippen MR) is 178 cm³/mol. The van der Waals surface area contributed by atoms with Gasteiger partial charge in [-0.25, -0.2) is 9.97 Å². The fraction of sp³-hybridized carbons (Fsp3) is 0. The van der Waals surface area contributed by atoms with E-state index in [1.54, 1.807) is 0 Å². The third-order valence-electron chi connectivity index (χ3n) is 8.45. The Hall–Kier alpha value is -5.80. The smallest absolute Gasteiger partial charge is 0.160 e. The summed E-state index contributed by atoms with van der Waals surface area (Å²) in [6, 6.07) is 50.9. The molecule has 43 heavy (non-hydrogen) atoms. The van der Waals surface area contributed by atoms with Gasteiger partial charge in [0, 0.05) is 27.5 Å². The van der Waals surface area contributed by atoms with Crippen LogP contribution in [0.5, 0.6) is 0 Å². The Morgan fingerprint density at radius 1 is 0.372 bits per heavy atom. The van der Waals surface area contributed by atoms with Crippen LogP contribution >= 0.6 is 0 Å². The first-order chi connectivity index (χ1) is 21.3. The van der Waals surface area contributed by atoms with E-state index in [1.807, 2.05) is 6.07 Å². The van der Waals surface area contributed by atoms with Crippen molar-refractivity contribution in [2.24, 2.45) is 0 Å². The van der Waals surface area contributed by atoms with E-state index in [0.29, 0.717) is 5.82 Å². The topological polar surface area (TPSA) is 38.9 Å². The van der Waals surface area contributed by atoms with Gasteiger partial charge >= 0.3 is 0 Å². The van der Waals surface area contributed by atoms with Crippen molar-refractivity contribution in [3.05, 3.63) is 146 Å². The maximum atomic E-state index is 6.29. The lowest BCUT2D eigenvalue weighted by molar-refractivity contribution is 0.669. The summed E-state index contributed by atoms with van der Waals surface area (Å²) < 4.78 is 6.29. The molecule has 0 spiro atoms. The lowest BCUT2D eigenvalue weighted by Gasteiger charge is -2.12. The van der Waals surface area contributed by atoms with Crippen LogP contribution in [0.3, 0.4) is 0 Å². The minimum absolute atomic E-state index is 0.686. The van der Waals surface area contributed by atoms with E-state index >= 15 is 0 Å². The molecule has 9 aromatic rings. The standard InChI is InChI=1S/C40H24N2O/c1-2-12-28-23-39-35(21-27(28)11-1)34-22-29(19-20-38(34)43-39)40-41-36(32-17-7-13-25-9-3-5-15-30(25)32)24-37(42-40)33-18-8-14-26-10-4-6-16-31(26)33/h1-24H. The molecule has 3 nitrogen and oxygen atoms in total. The molecule has 0 radical (unpaired) electrons. The normalized spacial score (nSPS) is 11.7.